The molecule has 1 aromatic heterocycles. The van der Waals surface area contributed by atoms with E-state index in [1.165, 1.54) is 10.6 Å². The fraction of sp³-hybridized carbons (Fsp3) is 0.350. The first kappa shape index (κ1) is 18.4. The van der Waals surface area contributed by atoms with E-state index in [1.807, 2.05) is 44.2 Å². The average molecular weight is 357 g/mol. The van der Waals surface area contributed by atoms with Crippen LogP contribution < -0.4 is 11.0 Å². The maximum atomic E-state index is 14.8. The van der Waals surface area contributed by atoms with Crippen molar-refractivity contribution in [3.8, 4) is 0 Å². The zero-order chi connectivity index (χ0) is 18.8. The Bertz CT molecular complexity index is 947. The lowest BCUT2D eigenvalue weighted by molar-refractivity contribution is 0.130. The number of fused-ring (bicyclic) bond motifs is 1. The van der Waals surface area contributed by atoms with Gasteiger partial charge in [-0.2, -0.15) is 0 Å². The Morgan fingerprint density at radius 2 is 1.77 bits per heavy atom. The van der Waals surface area contributed by atoms with Gasteiger partial charge in [0.15, 0.2) is 0 Å². The Balaban J connectivity index is 2.36. The van der Waals surface area contributed by atoms with Gasteiger partial charge in [0, 0.05) is 12.6 Å². The minimum atomic E-state index is -0.897. The molecule has 0 fully saturated rings. The van der Waals surface area contributed by atoms with Gasteiger partial charge in [0.2, 0.25) is 0 Å². The summed E-state index contributed by atoms with van der Waals surface area (Å²) in [5, 5.41) is 13.7. The van der Waals surface area contributed by atoms with Crippen molar-refractivity contribution in [2.75, 3.05) is 13.6 Å². The van der Waals surface area contributed by atoms with Crippen molar-refractivity contribution < 1.29 is 9.50 Å². The summed E-state index contributed by atoms with van der Waals surface area (Å²) in [7, 11) is 1.73. The topological polar surface area (TPSA) is 59.2 Å². The van der Waals surface area contributed by atoms with E-state index in [0.717, 1.165) is 5.56 Å². The smallest absolute Gasteiger partial charge is 0.330 e. The van der Waals surface area contributed by atoms with Gasteiger partial charge in [0.05, 0.1) is 17.7 Å². The number of nitrogens with one attached hydrogen (secondary N) is 1. The molecule has 0 radical (unpaired) electrons. The fourth-order valence-electron chi connectivity index (χ4n) is 3.52. The summed E-state index contributed by atoms with van der Waals surface area (Å²) >= 11 is 0. The Kier molecular flexibility index (Phi) is 5.25. The number of hydrogen-bond donors (Lipinski definition) is 2. The Morgan fingerprint density at radius 3 is 2.38 bits per heavy atom. The number of rotatable bonds is 6. The van der Waals surface area contributed by atoms with Crippen molar-refractivity contribution in [2.24, 2.45) is 0 Å². The molecule has 0 bridgehead atoms. The Labute approximate surface area is 151 Å². The number of aliphatic hydroxyl groups is 1. The van der Waals surface area contributed by atoms with Gasteiger partial charge in [-0.3, -0.25) is 9.13 Å². The molecule has 0 amide bonds. The average Bonchev–Trinajstić information content (AvgIpc) is 2.90. The van der Waals surface area contributed by atoms with Crippen LogP contribution in [-0.4, -0.2) is 33.9 Å². The van der Waals surface area contributed by atoms with Crippen molar-refractivity contribution >= 4 is 11.0 Å². The molecule has 2 N–H and O–H groups in total. The lowest BCUT2D eigenvalue weighted by Gasteiger charge is -2.25. The molecule has 2 aromatic carbocycles. The largest absolute Gasteiger partial charge is 0.389 e. The number of imidazole rings is 1. The normalized spacial score (nSPS) is 14.1. The third kappa shape index (κ3) is 3.06. The fourth-order valence-corrected chi connectivity index (χ4v) is 3.52. The second kappa shape index (κ2) is 7.43. The molecule has 3 aromatic rings. The number of aromatic nitrogens is 2. The summed E-state index contributed by atoms with van der Waals surface area (Å²) in [6, 6.07) is 13.1. The number of hydrogen-bond acceptors (Lipinski definition) is 3. The summed E-state index contributed by atoms with van der Waals surface area (Å²) in [4.78, 5) is 13.2. The molecule has 0 spiro atoms. The summed E-state index contributed by atoms with van der Waals surface area (Å²) in [6.07, 6.45) is -0.897. The van der Waals surface area contributed by atoms with Crippen LogP contribution in [0.1, 0.15) is 31.5 Å². The first-order valence-electron chi connectivity index (χ1n) is 8.76. The minimum absolute atomic E-state index is 0.133. The molecule has 6 heteroatoms. The van der Waals surface area contributed by atoms with Crippen LogP contribution in [-0.2, 0) is 0 Å². The molecular formula is C20H24FN3O2. The van der Waals surface area contributed by atoms with Crippen molar-refractivity contribution in [3.63, 3.8) is 0 Å². The van der Waals surface area contributed by atoms with Crippen LogP contribution in [0.4, 0.5) is 4.39 Å². The maximum Gasteiger partial charge on any atom is 0.330 e. The molecule has 3 rings (SSSR count). The second-order valence-corrected chi connectivity index (χ2v) is 6.70. The lowest BCUT2D eigenvalue weighted by atomic mass is 10.0. The molecule has 0 aliphatic heterocycles. The molecule has 26 heavy (non-hydrogen) atoms. The summed E-state index contributed by atoms with van der Waals surface area (Å²) < 4.78 is 17.7. The van der Waals surface area contributed by atoms with E-state index >= 15 is 0 Å². The molecule has 0 aliphatic carbocycles. The highest BCUT2D eigenvalue weighted by Crippen LogP contribution is 2.28. The molecule has 0 saturated heterocycles. The van der Waals surface area contributed by atoms with Gasteiger partial charge < -0.3 is 10.4 Å². The maximum absolute atomic E-state index is 14.8. The zero-order valence-electron chi connectivity index (χ0n) is 15.2. The van der Waals surface area contributed by atoms with Gasteiger partial charge in [-0.05, 0) is 38.6 Å². The number of para-hydroxylation sites is 1. The zero-order valence-corrected chi connectivity index (χ0v) is 15.2. The molecule has 2 unspecified atom stereocenters. The Hall–Kier alpha value is -2.44. The van der Waals surface area contributed by atoms with E-state index in [1.54, 1.807) is 23.7 Å². The summed E-state index contributed by atoms with van der Waals surface area (Å²) in [5.74, 6) is -0.475. The van der Waals surface area contributed by atoms with Gasteiger partial charge in [0.25, 0.3) is 0 Å². The van der Waals surface area contributed by atoms with Crippen molar-refractivity contribution in [1.29, 1.82) is 0 Å². The van der Waals surface area contributed by atoms with Crippen LogP contribution in [0.15, 0.2) is 53.3 Å². The van der Waals surface area contributed by atoms with Crippen LogP contribution in [0.2, 0.25) is 0 Å². The van der Waals surface area contributed by atoms with Crippen LogP contribution in [0.3, 0.4) is 0 Å². The van der Waals surface area contributed by atoms with E-state index in [9.17, 15) is 14.3 Å². The summed E-state index contributed by atoms with van der Waals surface area (Å²) in [6.45, 7) is 4.05. The van der Waals surface area contributed by atoms with Crippen LogP contribution in [0, 0.1) is 5.82 Å². The predicted octanol–water partition coefficient (Wildman–Crippen LogP) is 2.69. The standard InChI is InChI=1S/C20H24FN3O2/c1-13(2)23-16-11-7-10-15(21)19(16)24(20(23)26)18(17(25)12-22-3)14-8-5-4-6-9-14/h4-11,13,17-18,22,25H,12H2,1-3H3. The van der Waals surface area contributed by atoms with Crippen molar-refractivity contribution in [3.05, 3.63) is 70.4 Å². The lowest BCUT2D eigenvalue weighted by Crippen LogP contribution is -2.39. The highest BCUT2D eigenvalue weighted by molar-refractivity contribution is 5.77. The molecule has 0 aliphatic rings. The minimum Gasteiger partial charge on any atom is -0.389 e. The SMILES string of the molecule is CNCC(O)C(c1ccccc1)n1c(=O)n(C(C)C)c2cccc(F)c21. The van der Waals surface area contributed by atoms with Crippen molar-refractivity contribution in [2.45, 2.75) is 32.0 Å². The van der Waals surface area contributed by atoms with E-state index < -0.39 is 18.0 Å². The molecule has 0 saturated carbocycles. The van der Waals surface area contributed by atoms with Crippen LogP contribution in [0.25, 0.3) is 11.0 Å². The third-order valence-corrected chi connectivity index (χ3v) is 4.59. The number of likely N-dealkylation sites (N-methyl/N-ethyl adjacent to an activating group) is 1. The van der Waals surface area contributed by atoms with E-state index in [4.69, 9.17) is 0 Å². The third-order valence-electron chi connectivity index (χ3n) is 4.59. The van der Waals surface area contributed by atoms with Crippen LogP contribution in [0.5, 0.6) is 0 Å². The highest BCUT2D eigenvalue weighted by atomic mass is 19.1. The number of halogens is 1. The van der Waals surface area contributed by atoms with E-state index in [0.29, 0.717) is 5.52 Å². The van der Waals surface area contributed by atoms with Crippen molar-refractivity contribution in [1.82, 2.24) is 14.5 Å². The number of nitrogens with zero attached hydrogens (tertiary/aromatic N) is 2. The number of benzene rings is 2. The molecule has 1 heterocycles. The Morgan fingerprint density at radius 1 is 1.08 bits per heavy atom. The molecule has 5 nitrogen and oxygen atoms in total. The molecule has 2 atom stereocenters. The van der Waals surface area contributed by atoms with Gasteiger partial charge in [-0.25, -0.2) is 9.18 Å². The van der Waals surface area contributed by atoms with Gasteiger partial charge in [0.1, 0.15) is 11.3 Å². The van der Waals surface area contributed by atoms with Gasteiger partial charge in [-0.15, -0.1) is 0 Å². The highest BCUT2D eigenvalue weighted by Gasteiger charge is 2.29. The van der Waals surface area contributed by atoms with Crippen LogP contribution >= 0.6 is 0 Å². The number of aliphatic hydroxyl groups excluding tert-OH is 1. The van der Waals surface area contributed by atoms with E-state index in [2.05, 4.69) is 5.32 Å². The second-order valence-electron chi connectivity index (χ2n) is 6.70. The molecular weight excluding hydrogens is 333 g/mol. The molecule has 138 valence electrons. The quantitative estimate of drug-likeness (QED) is 0.713. The summed E-state index contributed by atoms with van der Waals surface area (Å²) in [5.41, 5.74) is 1.17. The van der Waals surface area contributed by atoms with E-state index in [-0.39, 0.29) is 23.8 Å². The predicted molar refractivity (Wildman–Crippen MR) is 101 cm³/mol. The van der Waals surface area contributed by atoms with Gasteiger partial charge >= 0.3 is 5.69 Å². The van der Waals surface area contributed by atoms with Gasteiger partial charge in [-0.1, -0.05) is 36.4 Å². The first-order valence-corrected chi connectivity index (χ1v) is 8.76. The first-order chi connectivity index (χ1) is 12.5. The monoisotopic (exact) mass is 357 g/mol.